The molecule has 1 aromatic carbocycles. The Hall–Kier alpha value is -2.49. The van der Waals surface area contributed by atoms with E-state index in [1.54, 1.807) is 0 Å². The van der Waals surface area contributed by atoms with Gasteiger partial charge in [-0.25, -0.2) is 4.79 Å². The maximum Gasteiger partial charge on any atom is 0.417 e. The van der Waals surface area contributed by atoms with E-state index in [1.807, 2.05) is 0 Å². The molecule has 0 spiro atoms. The van der Waals surface area contributed by atoms with Crippen LogP contribution in [0.5, 0.6) is 0 Å². The fraction of sp³-hybridized carbons (Fsp3) is 0.615. The molecule has 0 bridgehead atoms. The van der Waals surface area contributed by atoms with E-state index in [4.69, 9.17) is 16.6 Å². The summed E-state index contributed by atoms with van der Waals surface area (Å²) in [7, 11) is 0. The highest BCUT2D eigenvalue weighted by Gasteiger charge is 2.34. The van der Waals surface area contributed by atoms with E-state index in [-0.39, 0.29) is 0 Å². The van der Waals surface area contributed by atoms with Crippen LogP contribution in [0.25, 0.3) is 0 Å². The van der Waals surface area contributed by atoms with Gasteiger partial charge in [0.15, 0.2) is 0 Å². The summed E-state index contributed by atoms with van der Waals surface area (Å²) in [5, 5.41) is 16.9. The number of halogens is 3. The number of aromatic carboxylic acids is 1. The largest absolute Gasteiger partial charge is 0.481 e. The molecule has 0 saturated heterocycles. The van der Waals surface area contributed by atoms with Crippen LogP contribution in [-0.2, 0) is 11.0 Å². The first-order valence-electron chi connectivity index (χ1n) is 11.7. The highest BCUT2D eigenvalue weighted by Crippen LogP contribution is 2.31. The van der Waals surface area contributed by atoms with Crippen molar-refractivity contribution in [2.75, 3.05) is 0 Å². The Bertz CT molecular complexity index is 708. The van der Waals surface area contributed by atoms with Crippen molar-refractivity contribution in [3.05, 3.63) is 35.4 Å². The highest BCUT2D eigenvalue weighted by atomic mass is 19.4. The van der Waals surface area contributed by atoms with E-state index in [9.17, 15) is 22.8 Å². The molecule has 0 heterocycles. The Morgan fingerprint density at radius 3 is 1.55 bits per heavy atom. The first-order chi connectivity index (χ1) is 15.7. The molecule has 0 fully saturated rings. The van der Waals surface area contributed by atoms with Gasteiger partial charge in [-0.05, 0) is 25.0 Å². The minimum atomic E-state index is -4.62. The predicted molar refractivity (Wildman–Crippen MR) is 124 cm³/mol. The van der Waals surface area contributed by atoms with Crippen molar-refractivity contribution in [2.24, 2.45) is 0 Å². The number of terminal acetylenes is 1. The van der Waals surface area contributed by atoms with Gasteiger partial charge < -0.3 is 10.2 Å². The van der Waals surface area contributed by atoms with Crippen LogP contribution in [0.4, 0.5) is 13.2 Å². The number of hydrogen-bond acceptors (Lipinski definition) is 2. The van der Waals surface area contributed by atoms with E-state index in [0.717, 1.165) is 37.5 Å². The van der Waals surface area contributed by atoms with Gasteiger partial charge in [0.2, 0.25) is 0 Å². The molecule has 0 amide bonds. The van der Waals surface area contributed by atoms with Crippen molar-refractivity contribution in [3.8, 4) is 12.3 Å². The van der Waals surface area contributed by atoms with Crippen molar-refractivity contribution >= 4 is 11.9 Å². The molecular weight excluding hydrogens is 433 g/mol. The molecule has 186 valence electrons. The first kappa shape index (κ1) is 30.5. The van der Waals surface area contributed by atoms with E-state index < -0.39 is 29.2 Å². The van der Waals surface area contributed by atoms with Gasteiger partial charge in [0.25, 0.3) is 0 Å². The molecule has 1 rings (SSSR count). The lowest BCUT2D eigenvalue weighted by molar-refractivity contribution is -0.138. The first-order valence-corrected chi connectivity index (χ1v) is 11.7. The molecule has 0 aliphatic rings. The Labute approximate surface area is 195 Å². The minimum Gasteiger partial charge on any atom is -0.481 e. The van der Waals surface area contributed by atoms with Crippen LogP contribution in [0.15, 0.2) is 24.3 Å². The number of carboxylic acids is 2. The van der Waals surface area contributed by atoms with E-state index in [1.165, 1.54) is 76.7 Å². The zero-order chi connectivity index (χ0) is 25.0. The third-order valence-electron chi connectivity index (χ3n) is 5.17. The van der Waals surface area contributed by atoms with Gasteiger partial charge in [0.1, 0.15) is 0 Å². The second kappa shape index (κ2) is 19.0. The molecule has 7 heteroatoms. The average molecular weight is 471 g/mol. The fourth-order valence-corrected chi connectivity index (χ4v) is 3.36. The fourth-order valence-electron chi connectivity index (χ4n) is 3.36. The van der Waals surface area contributed by atoms with Crippen LogP contribution in [0.2, 0.25) is 0 Å². The number of aliphatic carboxylic acids is 1. The zero-order valence-corrected chi connectivity index (χ0v) is 19.3. The monoisotopic (exact) mass is 470 g/mol. The Morgan fingerprint density at radius 2 is 1.18 bits per heavy atom. The van der Waals surface area contributed by atoms with Gasteiger partial charge in [0.05, 0.1) is 11.1 Å². The van der Waals surface area contributed by atoms with Crippen molar-refractivity contribution in [1.29, 1.82) is 0 Å². The summed E-state index contributed by atoms with van der Waals surface area (Å²) in [5.74, 6) is 0.449. The van der Waals surface area contributed by atoms with E-state index in [0.29, 0.717) is 6.42 Å². The molecule has 4 nitrogen and oxygen atoms in total. The average Bonchev–Trinajstić information content (AvgIpc) is 2.76. The number of carboxylic acid groups (broad SMARTS) is 2. The lowest BCUT2D eigenvalue weighted by Gasteiger charge is -2.08. The van der Waals surface area contributed by atoms with Gasteiger partial charge in [0, 0.05) is 12.8 Å². The molecule has 2 N–H and O–H groups in total. The maximum atomic E-state index is 12.1. The van der Waals surface area contributed by atoms with Gasteiger partial charge in [-0.15, -0.1) is 12.3 Å². The topological polar surface area (TPSA) is 74.6 Å². The Balaban J connectivity index is 0.000000676. The number of rotatable bonds is 16. The van der Waals surface area contributed by atoms with E-state index >= 15 is 0 Å². The predicted octanol–water partition coefficient (Wildman–Crippen LogP) is 7.96. The Morgan fingerprint density at radius 1 is 0.758 bits per heavy atom. The summed E-state index contributed by atoms with van der Waals surface area (Å²) in [4.78, 5) is 20.7. The Kier molecular flexibility index (Phi) is 17.6. The lowest BCUT2D eigenvalue weighted by Crippen LogP contribution is -2.12. The number of unbranched alkanes of at least 4 members (excludes halogenated alkanes) is 13. The highest BCUT2D eigenvalue weighted by molar-refractivity contribution is 5.89. The normalized spacial score (nSPS) is 10.7. The molecule has 0 saturated carbocycles. The van der Waals surface area contributed by atoms with Crippen LogP contribution in [0, 0.1) is 12.3 Å². The number of carbonyl (C=O) groups is 2. The molecule has 0 radical (unpaired) electrons. The molecule has 33 heavy (non-hydrogen) atoms. The molecule has 0 aromatic heterocycles. The molecule has 1 aromatic rings. The van der Waals surface area contributed by atoms with E-state index in [2.05, 4.69) is 5.92 Å². The SMILES string of the molecule is C#CCCCCCCCCCCCCCCCC(=O)O.O=C(O)c1ccccc1C(F)(F)F. The molecule has 0 aliphatic carbocycles. The maximum absolute atomic E-state index is 12.1. The van der Waals surface area contributed by atoms with Crippen LogP contribution in [0.3, 0.4) is 0 Å². The summed E-state index contributed by atoms with van der Waals surface area (Å²) in [6, 6.07) is 4.06. The van der Waals surface area contributed by atoms with Crippen LogP contribution >= 0.6 is 0 Å². The molecule has 0 aliphatic heterocycles. The molecule has 0 atom stereocenters. The second-order valence-electron chi connectivity index (χ2n) is 8.04. The smallest absolute Gasteiger partial charge is 0.417 e. The molecular formula is C26H37F3O4. The number of hydrogen-bond donors (Lipinski definition) is 2. The standard InChI is InChI=1S/C18H32O2.C8H5F3O2/c1-2-3-4-5-6-7-8-9-10-11-12-13-14-15-16-17-18(19)20;9-8(10,11)6-4-2-1-3-5(6)7(12)13/h1H,3-17H2,(H,19,20);1-4H,(H,12,13). The third kappa shape index (κ3) is 17.7. The van der Waals surface area contributed by atoms with Crippen molar-refractivity contribution in [3.63, 3.8) is 0 Å². The quantitative estimate of drug-likeness (QED) is 0.190. The number of benzene rings is 1. The summed E-state index contributed by atoms with van der Waals surface area (Å²) >= 11 is 0. The van der Waals surface area contributed by atoms with Crippen LogP contribution in [-0.4, -0.2) is 22.2 Å². The van der Waals surface area contributed by atoms with Crippen LogP contribution in [0.1, 0.15) is 112 Å². The summed E-state index contributed by atoms with van der Waals surface area (Å²) in [5.41, 5.74) is -1.85. The van der Waals surface area contributed by atoms with Gasteiger partial charge in [-0.2, -0.15) is 13.2 Å². The summed E-state index contributed by atoms with van der Waals surface area (Å²) in [6.45, 7) is 0. The summed E-state index contributed by atoms with van der Waals surface area (Å²) < 4.78 is 36.4. The number of alkyl halides is 3. The van der Waals surface area contributed by atoms with Crippen molar-refractivity contribution < 1.29 is 33.0 Å². The second-order valence-corrected chi connectivity index (χ2v) is 8.04. The van der Waals surface area contributed by atoms with Crippen molar-refractivity contribution in [2.45, 2.75) is 102 Å². The lowest BCUT2D eigenvalue weighted by atomic mass is 10.0. The zero-order valence-electron chi connectivity index (χ0n) is 19.3. The third-order valence-corrected chi connectivity index (χ3v) is 5.17. The molecule has 0 unspecified atom stereocenters. The van der Waals surface area contributed by atoms with Crippen molar-refractivity contribution in [1.82, 2.24) is 0 Å². The van der Waals surface area contributed by atoms with Crippen LogP contribution < -0.4 is 0 Å². The summed E-state index contributed by atoms with van der Waals surface area (Å²) in [6.07, 6.45) is 18.2. The van der Waals surface area contributed by atoms with Gasteiger partial charge in [-0.3, -0.25) is 4.79 Å². The van der Waals surface area contributed by atoms with Gasteiger partial charge in [-0.1, -0.05) is 82.8 Å². The van der Waals surface area contributed by atoms with Gasteiger partial charge >= 0.3 is 18.1 Å². The minimum absolute atomic E-state index is 0.335.